The van der Waals surface area contributed by atoms with Crippen molar-refractivity contribution < 1.29 is 13.6 Å². The molecular weight excluding hydrogens is 431 g/mol. The van der Waals surface area contributed by atoms with E-state index in [9.17, 15) is 9.18 Å². The lowest BCUT2D eigenvalue weighted by molar-refractivity contribution is 0.101. The number of hydrogen-bond donors (Lipinski definition) is 0. The number of carbonyl (C=O) groups is 1. The van der Waals surface area contributed by atoms with Gasteiger partial charge in [0.25, 0.3) is 0 Å². The van der Waals surface area contributed by atoms with Gasteiger partial charge in [-0.15, -0.1) is 10.2 Å². The lowest BCUT2D eigenvalue weighted by Crippen LogP contribution is -2.48. The number of carbonyl (C=O) groups excluding carboxylic acids is 1. The Hall–Kier alpha value is -3.84. The van der Waals surface area contributed by atoms with Crippen molar-refractivity contribution in [1.29, 1.82) is 0 Å². The molecule has 0 radical (unpaired) electrons. The average molecular weight is 457 g/mol. The lowest BCUT2D eigenvalue weighted by Gasteiger charge is -2.39. The van der Waals surface area contributed by atoms with Crippen LogP contribution in [0.2, 0.25) is 0 Å². The molecule has 0 spiro atoms. The molecule has 1 aliphatic heterocycles. The van der Waals surface area contributed by atoms with Crippen LogP contribution in [0, 0.1) is 5.82 Å². The molecule has 172 valence electrons. The molecule has 6 nitrogen and oxygen atoms in total. The van der Waals surface area contributed by atoms with Crippen LogP contribution in [-0.4, -0.2) is 47.1 Å². The molecule has 1 unspecified atom stereocenters. The van der Waals surface area contributed by atoms with E-state index < -0.39 is 6.04 Å². The fourth-order valence-electron chi connectivity index (χ4n) is 4.37. The second-order valence-electron chi connectivity index (χ2n) is 8.36. The molecule has 0 N–H and O–H groups in total. The van der Waals surface area contributed by atoms with Gasteiger partial charge in [0.15, 0.2) is 5.78 Å². The van der Waals surface area contributed by atoms with Crippen LogP contribution >= 0.6 is 0 Å². The van der Waals surface area contributed by atoms with E-state index in [-0.39, 0.29) is 11.6 Å². The summed E-state index contributed by atoms with van der Waals surface area (Å²) in [4.78, 5) is 16.0. The third-order valence-electron chi connectivity index (χ3n) is 6.21. The van der Waals surface area contributed by atoms with Crippen LogP contribution in [0.25, 0.3) is 11.5 Å². The number of halogens is 1. The highest BCUT2D eigenvalue weighted by molar-refractivity contribution is 5.94. The first-order chi connectivity index (χ1) is 16.6. The number of hydrogen-bond acceptors (Lipinski definition) is 6. The Morgan fingerprint density at radius 3 is 2.24 bits per heavy atom. The van der Waals surface area contributed by atoms with E-state index in [4.69, 9.17) is 4.42 Å². The Labute approximate surface area is 197 Å². The van der Waals surface area contributed by atoms with Crippen molar-refractivity contribution in [3.8, 4) is 11.5 Å². The van der Waals surface area contributed by atoms with Crippen molar-refractivity contribution >= 4 is 11.5 Å². The van der Waals surface area contributed by atoms with Crippen molar-refractivity contribution in [1.82, 2.24) is 15.1 Å². The number of nitrogens with zero attached hydrogens (tertiary/aromatic N) is 4. The van der Waals surface area contributed by atoms with Crippen LogP contribution in [0.3, 0.4) is 0 Å². The summed E-state index contributed by atoms with van der Waals surface area (Å²) in [5.41, 5.74) is 3.11. The lowest BCUT2D eigenvalue weighted by atomic mass is 10.0. The molecule has 2 heterocycles. The molecule has 0 amide bonds. The SMILES string of the molecule is CC(=O)c1ccc(N2CCN(C(c3nnc(-c4ccccc4)o3)c3ccccc3F)CC2)cc1. The summed E-state index contributed by atoms with van der Waals surface area (Å²) in [5, 5.41) is 8.56. The highest BCUT2D eigenvalue weighted by Gasteiger charge is 2.32. The van der Waals surface area contributed by atoms with E-state index in [2.05, 4.69) is 20.0 Å². The molecule has 1 fully saturated rings. The molecule has 7 heteroatoms. The zero-order valence-electron chi connectivity index (χ0n) is 18.9. The second-order valence-corrected chi connectivity index (χ2v) is 8.36. The first-order valence-corrected chi connectivity index (χ1v) is 11.3. The third kappa shape index (κ3) is 4.47. The van der Waals surface area contributed by atoms with Gasteiger partial charge in [0.1, 0.15) is 11.9 Å². The molecule has 1 saturated heterocycles. The molecule has 5 rings (SSSR count). The van der Waals surface area contributed by atoms with E-state index in [0.717, 1.165) is 24.3 Å². The maximum atomic E-state index is 14.9. The van der Waals surface area contributed by atoms with Crippen molar-refractivity contribution in [2.75, 3.05) is 31.1 Å². The van der Waals surface area contributed by atoms with Gasteiger partial charge in [-0.1, -0.05) is 36.4 Å². The van der Waals surface area contributed by atoms with Gasteiger partial charge in [-0.2, -0.15) is 0 Å². The zero-order valence-corrected chi connectivity index (χ0v) is 18.9. The maximum Gasteiger partial charge on any atom is 0.247 e. The number of ketones is 1. The molecular formula is C27H25FN4O2. The first-order valence-electron chi connectivity index (χ1n) is 11.3. The zero-order chi connectivity index (χ0) is 23.5. The van der Waals surface area contributed by atoms with Gasteiger partial charge >= 0.3 is 0 Å². The molecule has 4 aromatic rings. The van der Waals surface area contributed by atoms with Gasteiger partial charge in [-0.3, -0.25) is 9.69 Å². The van der Waals surface area contributed by atoms with Crippen LogP contribution in [0.15, 0.2) is 83.3 Å². The number of rotatable bonds is 6. The van der Waals surface area contributed by atoms with Crippen LogP contribution in [-0.2, 0) is 0 Å². The van der Waals surface area contributed by atoms with Gasteiger partial charge in [0.05, 0.1) is 0 Å². The normalized spacial score (nSPS) is 15.3. The number of Topliss-reactive ketones (excluding diaryl/α,β-unsaturated/α-hetero) is 1. The molecule has 3 aromatic carbocycles. The molecule has 0 bridgehead atoms. The number of anilines is 1. The van der Waals surface area contributed by atoms with E-state index >= 15 is 0 Å². The summed E-state index contributed by atoms with van der Waals surface area (Å²) in [7, 11) is 0. The minimum atomic E-state index is -0.478. The van der Waals surface area contributed by atoms with Gasteiger partial charge in [-0.25, -0.2) is 4.39 Å². The Balaban J connectivity index is 1.39. The van der Waals surface area contributed by atoms with E-state index in [0.29, 0.717) is 36.0 Å². The van der Waals surface area contributed by atoms with Gasteiger partial charge < -0.3 is 9.32 Å². The molecule has 34 heavy (non-hydrogen) atoms. The monoisotopic (exact) mass is 456 g/mol. The molecule has 1 aliphatic rings. The van der Waals surface area contributed by atoms with Crippen LogP contribution in [0.5, 0.6) is 0 Å². The smallest absolute Gasteiger partial charge is 0.247 e. The molecule has 1 atom stereocenters. The minimum absolute atomic E-state index is 0.0542. The summed E-state index contributed by atoms with van der Waals surface area (Å²) in [6.07, 6.45) is 0. The molecule has 0 aliphatic carbocycles. The highest BCUT2D eigenvalue weighted by Crippen LogP contribution is 2.33. The van der Waals surface area contributed by atoms with Crippen LogP contribution in [0.1, 0.15) is 34.8 Å². The minimum Gasteiger partial charge on any atom is -0.419 e. The number of benzene rings is 3. The van der Waals surface area contributed by atoms with Gasteiger partial charge in [-0.05, 0) is 49.4 Å². The third-order valence-corrected chi connectivity index (χ3v) is 6.21. The summed E-state index contributed by atoms with van der Waals surface area (Å²) >= 11 is 0. The Kier molecular flexibility index (Phi) is 6.18. The Morgan fingerprint density at radius 1 is 0.882 bits per heavy atom. The second kappa shape index (κ2) is 9.57. The molecule has 0 saturated carbocycles. The average Bonchev–Trinajstić information content (AvgIpc) is 3.36. The Morgan fingerprint density at radius 2 is 1.56 bits per heavy atom. The van der Waals surface area contributed by atoms with Crippen molar-refractivity contribution in [3.63, 3.8) is 0 Å². The maximum absolute atomic E-state index is 14.9. The largest absolute Gasteiger partial charge is 0.419 e. The summed E-state index contributed by atoms with van der Waals surface area (Å²) in [5.74, 6) is 0.553. The van der Waals surface area contributed by atoms with E-state index in [1.165, 1.54) is 6.07 Å². The quantitative estimate of drug-likeness (QED) is 0.381. The van der Waals surface area contributed by atoms with Gasteiger partial charge in [0.2, 0.25) is 11.8 Å². The number of piperazine rings is 1. The predicted octanol–water partition coefficient (Wildman–Crippen LogP) is 4.99. The summed E-state index contributed by atoms with van der Waals surface area (Å²) in [6.45, 7) is 4.46. The van der Waals surface area contributed by atoms with E-state index in [1.54, 1.807) is 19.1 Å². The van der Waals surface area contributed by atoms with Crippen molar-refractivity contribution in [2.45, 2.75) is 13.0 Å². The summed E-state index contributed by atoms with van der Waals surface area (Å²) in [6, 6.07) is 23.5. The fraction of sp³-hybridized carbons (Fsp3) is 0.222. The first kappa shape index (κ1) is 22.0. The highest BCUT2D eigenvalue weighted by atomic mass is 19.1. The predicted molar refractivity (Wildman–Crippen MR) is 128 cm³/mol. The van der Waals surface area contributed by atoms with Crippen LogP contribution in [0.4, 0.5) is 10.1 Å². The van der Waals surface area contributed by atoms with E-state index in [1.807, 2.05) is 60.7 Å². The standard InChI is InChI=1S/C27H25FN4O2/c1-19(33)20-11-13-22(14-12-20)31-15-17-32(18-16-31)25(23-9-5-6-10-24(23)28)27-30-29-26(34-27)21-7-3-2-4-8-21/h2-14,25H,15-18H2,1H3. The fourth-order valence-corrected chi connectivity index (χ4v) is 4.37. The van der Waals surface area contributed by atoms with Crippen LogP contribution < -0.4 is 4.90 Å². The van der Waals surface area contributed by atoms with Crippen molar-refractivity contribution in [2.24, 2.45) is 0 Å². The summed E-state index contributed by atoms with van der Waals surface area (Å²) < 4.78 is 21.0. The topological polar surface area (TPSA) is 62.5 Å². The number of aromatic nitrogens is 2. The van der Waals surface area contributed by atoms with Crippen molar-refractivity contribution in [3.05, 3.63) is 102 Å². The van der Waals surface area contributed by atoms with Gasteiger partial charge in [0, 0.05) is 48.6 Å². The Bertz CT molecular complexity index is 1270. The molecule has 1 aromatic heterocycles.